The average Bonchev–Trinajstić information content (AvgIpc) is 3.94. The van der Waals surface area contributed by atoms with E-state index in [1.54, 1.807) is 6.07 Å². The Bertz CT molecular complexity index is 4010. The molecule has 0 N–H and O–H groups in total. The van der Waals surface area contributed by atoms with Crippen LogP contribution < -0.4 is 9.80 Å². The number of anilines is 6. The number of para-hydroxylation sites is 4. The molecule has 77 heavy (non-hydrogen) atoms. The number of aromatic nitrogens is 3. The summed E-state index contributed by atoms with van der Waals surface area (Å²) >= 11 is 0. The molecule has 0 bridgehead atoms. The Morgan fingerprint density at radius 3 is 1.08 bits per heavy atom. The van der Waals surface area contributed by atoms with Gasteiger partial charge in [0.25, 0.3) is 0 Å². The van der Waals surface area contributed by atoms with Crippen LogP contribution in [0.15, 0.2) is 291 Å². The van der Waals surface area contributed by atoms with Crippen LogP contribution in [0.2, 0.25) is 0 Å². The molecule has 0 fully saturated rings. The van der Waals surface area contributed by atoms with Crippen molar-refractivity contribution in [3.05, 3.63) is 297 Å². The number of benzene rings is 11. The SMILES string of the molecule is N#Cc1ccccc1-c1nc(-c2ccccc2)cc(-c2ccc(-c3ccc(-c4ccc(-n5c6ccc(N(c7ccccc7)c7ccccc7)cc6c6cc(N(c7ccccc7)c7ccccc7)ccc65)cc4)cc3)cc2)n1. The van der Waals surface area contributed by atoms with E-state index in [1.165, 1.54) is 0 Å². The van der Waals surface area contributed by atoms with Gasteiger partial charge in [0, 0.05) is 67.3 Å². The van der Waals surface area contributed by atoms with E-state index < -0.39 is 0 Å². The van der Waals surface area contributed by atoms with Crippen molar-refractivity contribution in [3.8, 4) is 67.9 Å². The molecule has 11 aromatic carbocycles. The van der Waals surface area contributed by atoms with Crippen molar-refractivity contribution in [3.63, 3.8) is 0 Å². The molecule has 2 heterocycles. The van der Waals surface area contributed by atoms with Crippen LogP contribution in [-0.2, 0) is 0 Å². The van der Waals surface area contributed by atoms with Crippen molar-refractivity contribution in [1.29, 1.82) is 5.26 Å². The molecule has 0 amide bonds. The maximum absolute atomic E-state index is 9.92. The van der Waals surface area contributed by atoms with Crippen LogP contribution in [0.25, 0.3) is 83.6 Å². The van der Waals surface area contributed by atoms with Gasteiger partial charge in [-0.2, -0.15) is 5.26 Å². The first-order chi connectivity index (χ1) is 38.1. The third-order valence-corrected chi connectivity index (χ3v) is 14.2. The first-order valence-electron chi connectivity index (χ1n) is 25.8. The van der Waals surface area contributed by atoms with E-state index in [4.69, 9.17) is 9.97 Å². The first kappa shape index (κ1) is 46.2. The van der Waals surface area contributed by atoms with E-state index in [0.29, 0.717) is 17.0 Å². The molecule has 6 nitrogen and oxygen atoms in total. The fourth-order valence-corrected chi connectivity index (χ4v) is 10.5. The minimum atomic E-state index is 0.522. The maximum Gasteiger partial charge on any atom is 0.161 e. The molecule has 0 aliphatic heterocycles. The van der Waals surface area contributed by atoms with Crippen LogP contribution in [0.4, 0.5) is 34.1 Å². The first-order valence-corrected chi connectivity index (χ1v) is 25.8. The standard InChI is InChI=1S/C71H48N6/c72-49-56-20-16-17-29-64(56)71-73-67(54-18-6-1-7-19-54)48-68(74-71)55-36-34-52(35-37-55)50-30-32-51(33-31-50)53-38-40-61(41-39-53)77-69-44-42-62(75(57-21-8-2-9-22-57)58-23-10-3-11-24-58)46-65(69)66-47-63(43-45-70(66)77)76(59-25-12-4-13-26-59)60-27-14-5-15-28-60/h1-48H. The quantitative estimate of drug-likeness (QED) is 0.122. The second-order valence-corrected chi connectivity index (χ2v) is 18.9. The molecule has 2 aromatic heterocycles. The zero-order chi connectivity index (χ0) is 51.5. The average molecular weight is 985 g/mol. The molecule has 362 valence electrons. The van der Waals surface area contributed by atoms with Gasteiger partial charge in [0.2, 0.25) is 0 Å². The number of rotatable bonds is 12. The van der Waals surface area contributed by atoms with Gasteiger partial charge in [-0.25, -0.2) is 9.97 Å². The molecule has 13 rings (SSSR count). The van der Waals surface area contributed by atoms with Gasteiger partial charge in [0.15, 0.2) is 5.82 Å². The molecule has 6 heteroatoms. The molecular formula is C71H48N6. The number of hydrogen-bond acceptors (Lipinski definition) is 5. The largest absolute Gasteiger partial charge is 0.310 e. The molecule has 0 radical (unpaired) electrons. The molecule has 0 saturated heterocycles. The Morgan fingerprint density at radius 1 is 0.312 bits per heavy atom. The van der Waals surface area contributed by atoms with Crippen molar-refractivity contribution < 1.29 is 0 Å². The van der Waals surface area contributed by atoms with Crippen LogP contribution in [0.5, 0.6) is 0 Å². The van der Waals surface area contributed by atoms with Crippen LogP contribution in [0.3, 0.4) is 0 Å². The van der Waals surface area contributed by atoms with Gasteiger partial charge in [-0.1, -0.05) is 176 Å². The van der Waals surface area contributed by atoms with E-state index in [1.807, 2.05) is 54.6 Å². The summed E-state index contributed by atoms with van der Waals surface area (Å²) in [6, 6.07) is 104. The fourth-order valence-electron chi connectivity index (χ4n) is 10.5. The lowest BCUT2D eigenvalue weighted by atomic mass is 9.98. The summed E-state index contributed by atoms with van der Waals surface area (Å²) < 4.78 is 2.40. The van der Waals surface area contributed by atoms with Gasteiger partial charge in [0.05, 0.1) is 34.1 Å². The highest BCUT2D eigenvalue weighted by Gasteiger charge is 2.21. The van der Waals surface area contributed by atoms with Gasteiger partial charge in [-0.05, 0) is 138 Å². The van der Waals surface area contributed by atoms with Crippen LogP contribution >= 0.6 is 0 Å². The summed E-state index contributed by atoms with van der Waals surface area (Å²) in [5, 5.41) is 12.2. The van der Waals surface area contributed by atoms with Crippen molar-refractivity contribution in [2.45, 2.75) is 0 Å². The Morgan fingerprint density at radius 2 is 0.662 bits per heavy atom. The molecule has 0 unspecified atom stereocenters. The van der Waals surface area contributed by atoms with Crippen LogP contribution in [-0.4, -0.2) is 14.5 Å². The monoisotopic (exact) mass is 984 g/mol. The Balaban J connectivity index is 0.843. The van der Waals surface area contributed by atoms with Crippen molar-refractivity contribution in [1.82, 2.24) is 14.5 Å². The van der Waals surface area contributed by atoms with Gasteiger partial charge >= 0.3 is 0 Å². The third-order valence-electron chi connectivity index (χ3n) is 14.2. The maximum atomic E-state index is 9.92. The second kappa shape index (κ2) is 20.4. The molecule has 0 atom stereocenters. The topological polar surface area (TPSA) is 61.0 Å². The molecule has 0 saturated carbocycles. The van der Waals surface area contributed by atoms with Crippen LogP contribution in [0.1, 0.15) is 5.56 Å². The molecular weight excluding hydrogens is 937 g/mol. The normalized spacial score (nSPS) is 11.1. The highest BCUT2D eigenvalue weighted by molar-refractivity contribution is 6.12. The number of fused-ring (bicyclic) bond motifs is 3. The third kappa shape index (κ3) is 9.05. The van der Waals surface area contributed by atoms with Gasteiger partial charge < -0.3 is 14.4 Å². The highest BCUT2D eigenvalue weighted by atomic mass is 15.1. The molecule has 13 aromatic rings. The summed E-state index contributed by atoms with van der Waals surface area (Å²) in [5.74, 6) is 0.522. The van der Waals surface area contributed by atoms with Crippen molar-refractivity contribution >= 4 is 55.9 Å². The van der Waals surface area contributed by atoms with Gasteiger partial charge in [0.1, 0.15) is 0 Å². The van der Waals surface area contributed by atoms with E-state index in [-0.39, 0.29) is 0 Å². The summed E-state index contributed by atoms with van der Waals surface area (Å²) in [7, 11) is 0. The smallest absolute Gasteiger partial charge is 0.161 e. The Labute approximate surface area is 448 Å². The number of nitriles is 1. The van der Waals surface area contributed by atoms with Crippen molar-refractivity contribution in [2.24, 2.45) is 0 Å². The molecule has 0 aliphatic carbocycles. The van der Waals surface area contributed by atoms with Gasteiger partial charge in [-0.15, -0.1) is 0 Å². The lowest BCUT2D eigenvalue weighted by molar-refractivity contribution is 1.18. The van der Waals surface area contributed by atoms with E-state index in [0.717, 1.165) is 106 Å². The fraction of sp³-hybridized carbons (Fsp3) is 0. The molecule has 0 spiro atoms. The van der Waals surface area contributed by atoms with E-state index >= 15 is 0 Å². The number of nitrogens with zero attached hydrogens (tertiary/aromatic N) is 6. The lowest BCUT2D eigenvalue weighted by Gasteiger charge is -2.26. The second-order valence-electron chi connectivity index (χ2n) is 18.9. The predicted octanol–water partition coefficient (Wildman–Crippen LogP) is 18.7. The summed E-state index contributed by atoms with van der Waals surface area (Å²) in [6.45, 7) is 0. The number of hydrogen-bond donors (Lipinski definition) is 0. The Kier molecular flexibility index (Phi) is 12.2. The predicted molar refractivity (Wildman–Crippen MR) is 318 cm³/mol. The summed E-state index contributed by atoms with van der Waals surface area (Å²) in [6.07, 6.45) is 0. The van der Waals surface area contributed by atoms with E-state index in [2.05, 4.69) is 251 Å². The molecule has 0 aliphatic rings. The zero-order valence-corrected chi connectivity index (χ0v) is 41.9. The van der Waals surface area contributed by atoms with Crippen LogP contribution in [0, 0.1) is 11.3 Å². The minimum Gasteiger partial charge on any atom is -0.310 e. The Hall–Kier alpha value is -10.6. The highest BCUT2D eigenvalue weighted by Crippen LogP contribution is 2.43. The minimum absolute atomic E-state index is 0.522. The zero-order valence-electron chi connectivity index (χ0n) is 41.9. The van der Waals surface area contributed by atoms with Crippen molar-refractivity contribution in [2.75, 3.05) is 9.80 Å². The van der Waals surface area contributed by atoms with Gasteiger partial charge in [-0.3, -0.25) is 0 Å². The lowest BCUT2D eigenvalue weighted by Crippen LogP contribution is -2.09. The summed E-state index contributed by atoms with van der Waals surface area (Å²) in [4.78, 5) is 14.6. The summed E-state index contributed by atoms with van der Waals surface area (Å²) in [5.41, 5.74) is 19.1. The van der Waals surface area contributed by atoms with E-state index in [9.17, 15) is 5.26 Å².